The molecule has 0 fully saturated rings. The van der Waals surface area contributed by atoms with Crippen molar-refractivity contribution in [1.29, 1.82) is 0 Å². The van der Waals surface area contributed by atoms with Gasteiger partial charge in [0.05, 0.1) is 12.7 Å². The van der Waals surface area contributed by atoms with Crippen LogP contribution in [0.15, 0.2) is 95.1 Å². The van der Waals surface area contributed by atoms with Gasteiger partial charge in [-0.3, -0.25) is 9.59 Å². The summed E-state index contributed by atoms with van der Waals surface area (Å²) in [5, 5.41) is 16.9. The molecule has 0 bridgehead atoms. The fraction of sp³-hybridized carbons (Fsp3) is 0.0690. The van der Waals surface area contributed by atoms with Gasteiger partial charge < -0.3 is 20.5 Å². The van der Waals surface area contributed by atoms with Crippen LogP contribution in [-0.4, -0.2) is 30.0 Å². The zero-order valence-electron chi connectivity index (χ0n) is 19.8. The number of ether oxygens (including phenoxy) is 1. The summed E-state index contributed by atoms with van der Waals surface area (Å²) in [6.45, 7) is 0.231. The Morgan fingerprint density at radius 3 is 2.43 bits per heavy atom. The molecular weight excluding hydrogens is 536 g/mol. The smallest absolute Gasteiger partial charge is 0.354 e. The topological polar surface area (TPSA) is 105 Å². The van der Waals surface area contributed by atoms with Crippen molar-refractivity contribution in [2.24, 2.45) is 0 Å². The van der Waals surface area contributed by atoms with Crippen LogP contribution >= 0.6 is 15.9 Å². The standard InChI is InChI=1S/C29H23BrN2O5/c1-37-29(36)26(16-20-9-5-8-19-7-2-3-11-23(19)20)32-28(35)24-13-12-21(15-25(24)30)27(34)31-17-18-6-4-10-22(33)14-18/h2-16,33H,17H2,1H3,(H,31,34)(H,32,35). The molecule has 186 valence electrons. The van der Waals surface area contributed by atoms with Crippen molar-refractivity contribution >= 4 is 50.6 Å². The number of hydrogen-bond acceptors (Lipinski definition) is 5. The zero-order valence-corrected chi connectivity index (χ0v) is 21.4. The van der Waals surface area contributed by atoms with E-state index in [9.17, 15) is 19.5 Å². The Labute approximate surface area is 221 Å². The highest BCUT2D eigenvalue weighted by molar-refractivity contribution is 9.10. The Kier molecular flexibility index (Phi) is 8.00. The maximum absolute atomic E-state index is 13.1. The van der Waals surface area contributed by atoms with Crippen molar-refractivity contribution in [2.45, 2.75) is 6.54 Å². The van der Waals surface area contributed by atoms with Gasteiger partial charge in [-0.2, -0.15) is 0 Å². The molecule has 0 aliphatic carbocycles. The van der Waals surface area contributed by atoms with Gasteiger partial charge in [0.25, 0.3) is 11.8 Å². The van der Waals surface area contributed by atoms with E-state index in [1.165, 1.54) is 25.3 Å². The van der Waals surface area contributed by atoms with Crippen molar-refractivity contribution in [2.75, 3.05) is 7.11 Å². The van der Waals surface area contributed by atoms with E-state index in [1.54, 1.807) is 30.3 Å². The van der Waals surface area contributed by atoms with Gasteiger partial charge >= 0.3 is 5.97 Å². The normalized spacial score (nSPS) is 11.1. The van der Waals surface area contributed by atoms with Crippen LogP contribution in [0.25, 0.3) is 16.8 Å². The molecule has 0 radical (unpaired) electrons. The molecule has 8 heteroatoms. The number of esters is 1. The van der Waals surface area contributed by atoms with Crippen LogP contribution < -0.4 is 10.6 Å². The molecule has 0 aliphatic heterocycles. The first-order valence-electron chi connectivity index (χ1n) is 11.3. The Hall–Kier alpha value is -4.43. The maximum Gasteiger partial charge on any atom is 0.354 e. The second kappa shape index (κ2) is 11.5. The Morgan fingerprint density at radius 1 is 0.919 bits per heavy atom. The fourth-order valence-electron chi connectivity index (χ4n) is 3.77. The number of methoxy groups -OCH3 is 1. The van der Waals surface area contributed by atoms with Gasteiger partial charge in [0, 0.05) is 16.6 Å². The van der Waals surface area contributed by atoms with Crippen molar-refractivity contribution < 1.29 is 24.2 Å². The number of amides is 2. The quantitative estimate of drug-likeness (QED) is 0.214. The van der Waals surface area contributed by atoms with Crippen LogP contribution in [0, 0.1) is 0 Å². The van der Waals surface area contributed by atoms with E-state index in [1.807, 2.05) is 42.5 Å². The summed E-state index contributed by atoms with van der Waals surface area (Å²) in [5.41, 5.74) is 2.04. The average molecular weight is 559 g/mol. The lowest BCUT2D eigenvalue weighted by Gasteiger charge is -2.12. The van der Waals surface area contributed by atoms with E-state index in [2.05, 4.69) is 26.6 Å². The van der Waals surface area contributed by atoms with E-state index < -0.39 is 11.9 Å². The molecule has 4 aromatic carbocycles. The molecule has 0 saturated heterocycles. The SMILES string of the molecule is COC(=O)C(=Cc1cccc2ccccc12)NC(=O)c1ccc(C(=O)NCc2cccc(O)c2)cc1Br. The summed E-state index contributed by atoms with van der Waals surface area (Å²) in [6, 6.07) is 24.5. The van der Waals surface area contributed by atoms with Gasteiger partial charge in [0.2, 0.25) is 0 Å². The Balaban J connectivity index is 1.52. The van der Waals surface area contributed by atoms with E-state index in [0.29, 0.717) is 10.0 Å². The summed E-state index contributed by atoms with van der Waals surface area (Å²) in [4.78, 5) is 38.1. The number of nitrogens with one attached hydrogen (secondary N) is 2. The number of fused-ring (bicyclic) bond motifs is 1. The van der Waals surface area contributed by atoms with E-state index in [-0.39, 0.29) is 29.5 Å². The van der Waals surface area contributed by atoms with Crippen LogP contribution in [0.2, 0.25) is 0 Å². The molecule has 37 heavy (non-hydrogen) atoms. The van der Waals surface area contributed by atoms with Gasteiger partial charge in [0.15, 0.2) is 0 Å². The molecule has 4 rings (SSSR count). The predicted molar refractivity (Wildman–Crippen MR) is 145 cm³/mol. The number of carbonyl (C=O) groups excluding carboxylic acids is 3. The molecule has 0 saturated carbocycles. The summed E-state index contributed by atoms with van der Waals surface area (Å²) >= 11 is 3.36. The monoisotopic (exact) mass is 558 g/mol. The lowest BCUT2D eigenvalue weighted by atomic mass is 10.0. The van der Waals surface area contributed by atoms with Gasteiger partial charge in [-0.1, -0.05) is 54.6 Å². The van der Waals surface area contributed by atoms with Crippen LogP contribution in [0.1, 0.15) is 31.8 Å². The van der Waals surface area contributed by atoms with Crippen molar-refractivity contribution in [3.63, 3.8) is 0 Å². The minimum atomic E-state index is -0.694. The molecule has 0 unspecified atom stereocenters. The van der Waals surface area contributed by atoms with Crippen LogP contribution in [-0.2, 0) is 16.1 Å². The number of aromatic hydroxyl groups is 1. The lowest BCUT2D eigenvalue weighted by molar-refractivity contribution is -0.136. The minimum Gasteiger partial charge on any atom is -0.508 e. The average Bonchev–Trinajstić information content (AvgIpc) is 2.91. The summed E-state index contributed by atoms with van der Waals surface area (Å²) in [5.74, 6) is -1.47. The molecule has 0 aliphatic rings. The highest BCUT2D eigenvalue weighted by Crippen LogP contribution is 2.22. The molecular formula is C29H23BrN2O5. The van der Waals surface area contributed by atoms with Crippen LogP contribution in [0.5, 0.6) is 5.75 Å². The zero-order chi connectivity index (χ0) is 26.4. The lowest BCUT2D eigenvalue weighted by Crippen LogP contribution is -2.28. The molecule has 0 spiro atoms. The van der Waals surface area contributed by atoms with Gasteiger partial charge in [-0.05, 0) is 74.2 Å². The Morgan fingerprint density at radius 2 is 1.68 bits per heavy atom. The molecule has 0 aromatic heterocycles. The third-order valence-electron chi connectivity index (χ3n) is 5.62. The first-order valence-corrected chi connectivity index (χ1v) is 12.1. The van der Waals surface area contributed by atoms with Crippen molar-refractivity contribution in [3.8, 4) is 5.75 Å². The Bertz CT molecular complexity index is 1520. The second-order valence-corrected chi connectivity index (χ2v) is 8.97. The molecule has 7 nitrogen and oxygen atoms in total. The van der Waals surface area contributed by atoms with Crippen molar-refractivity contribution in [3.05, 3.63) is 117 Å². The van der Waals surface area contributed by atoms with Crippen LogP contribution in [0.3, 0.4) is 0 Å². The van der Waals surface area contributed by atoms with Gasteiger partial charge in [-0.15, -0.1) is 0 Å². The summed E-state index contributed by atoms with van der Waals surface area (Å²) in [7, 11) is 1.24. The highest BCUT2D eigenvalue weighted by Gasteiger charge is 2.18. The number of carbonyl (C=O) groups is 3. The van der Waals surface area contributed by atoms with E-state index >= 15 is 0 Å². The first kappa shape index (κ1) is 25.7. The first-order chi connectivity index (χ1) is 17.9. The van der Waals surface area contributed by atoms with E-state index in [0.717, 1.165) is 21.9 Å². The minimum absolute atomic E-state index is 0.0244. The third kappa shape index (κ3) is 6.23. The van der Waals surface area contributed by atoms with Crippen LogP contribution in [0.4, 0.5) is 0 Å². The molecule has 0 atom stereocenters. The fourth-order valence-corrected chi connectivity index (χ4v) is 4.33. The molecule has 4 aromatic rings. The van der Waals surface area contributed by atoms with E-state index in [4.69, 9.17) is 4.74 Å². The van der Waals surface area contributed by atoms with Gasteiger partial charge in [0.1, 0.15) is 11.4 Å². The maximum atomic E-state index is 13.1. The number of halogens is 1. The predicted octanol–water partition coefficient (Wildman–Crippen LogP) is 5.18. The largest absolute Gasteiger partial charge is 0.508 e. The van der Waals surface area contributed by atoms with Crippen molar-refractivity contribution in [1.82, 2.24) is 10.6 Å². The number of benzene rings is 4. The summed E-state index contributed by atoms with van der Waals surface area (Å²) in [6.07, 6.45) is 1.57. The highest BCUT2D eigenvalue weighted by atomic mass is 79.9. The number of rotatable bonds is 7. The third-order valence-corrected chi connectivity index (χ3v) is 6.27. The number of hydrogen-bond donors (Lipinski definition) is 3. The van der Waals surface area contributed by atoms with Gasteiger partial charge in [-0.25, -0.2) is 4.79 Å². The molecule has 3 N–H and O–H groups in total. The second-order valence-electron chi connectivity index (χ2n) is 8.12. The number of phenols is 1. The molecule has 0 heterocycles. The summed E-state index contributed by atoms with van der Waals surface area (Å²) < 4.78 is 5.26. The number of phenolic OH excluding ortho intramolecular Hbond substituents is 1. The molecule has 2 amide bonds.